The molecule has 2 fully saturated rings. The summed E-state index contributed by atoms with van der Waals surface area (Å²) in [6.07, 6.45) is 0.565. The van der Waals surface area contributed by atoms with E-state index >= 15 is 4.39 Å². The molecule has 1 unspecified atom stereocenters. The van der Waals surface area contributed by atoms with Crippen molar-refractivity contribution in [1.29, 1.82) is 0 Å². The number of benzene rings is 2. The molecule has 43 heavy (non-hydrogen) atoms. The lowest BCUT2D eigenvalue weighted by Crippen LogP contribution is -2.55. The Morgan fingerprint density at radius 2 is 1.98 bits per heavy atom. The molecular weight excluding hydrogens is 563 g/mol. The number of piperidine rings is 2. The number of rotatable bonds is 6. The first-order chi connectivity index (χ1) is 20.5. The van der Waals surface area contributed by atoms with Gasteiger partial charge >= 0.3 is 0 Å². The van der Waals surface area contributed by atoms with Gasteiger partial charge in [0.15, 0.2) is 0 Å². The summed E-state index contributed by atoms with van der Waals surface area (Å²) in [6.45, 7) is 4.81. The Balaban J connectivity index is 1.25. The Labute approximate surface area is 245 Å². The molecule has 4 heterocycles. The van der Waals surface area contributed by atoms with Gasteiger partial charge in [0, 0.05) is 59.7 Å². The maximum Gasteiger partial charge on any atom is 0.264 e. The summed E-state index contributed by atoms with van der Waals surface area (Å²) in [5.74, 6) is -1.92. The fourth-order valence-electron chi connectivity index (χ4n) is 6.41. The average molecular weight is 594 g/mol. The zero-order valence-electron chi connectivity index (χ0n) is 23.6. The van der Waals surface area contributed by atoms with E-state index in [1.165, 1.54) is 12.3 Å². The SMILES string of the molecule is CC1(C)CN(Cc2ccc(-c3ncon3)c(C(F)F)c2)CC[C@]1(O)c1ccc2ncc(C3CCC(=O)NC3=O)cc2c1F. The second-order valence-electron chi connectivity index (χ2n) is 11.9. The number of nitrogens with one attached hydrogen (secondary N) is 1. The second-order valence-corrected chi connectivity index (χ2v) is 11.9. The van der Waals surface area contributed by atoms with Crippen LogP contribution in [0.25, 0.3) is 22.3 Å². The number of likely N-dealkylation sites (tertiary alicyclic amines) is 1. The van der Waals surface area contributed by atoms with E-state index in [4.69, 9.17) is 4.52 Å². The van der Waals surface area contributed by atoms with Crippen LogP contribution in [0.1, 0.15) is 67.7 Å². The van der Waals surface area contributed by atoms with Gasteiger partial charge in [-0.25, -0.2) is 13.2 Å². The van der Waals surface area contributed by atoms with Crippen LogP contribution in [0.15, 0.2) is 53.5 Å². The first kappa shape index (κ1) is 28.9. The summed E-state index contributed by atoms with van der Waals surface area (Å²) in [6, 6.07) is 9.50. The van der Waals surface area contributed by atoms with Gasteiger partial charge in [-0.05, 0) is 42.2 Å². The molecular formula is C31H30F3N5O4. The molecule has 2 aliphatic rings. The van der Waals surface area contributed by atoms with Crippen molar-refractivity contribution in [3.63, 3.8) is 0 Å². The molecule has 4 aromatic rings. The van der Waals surface area contributed by atoms with Crippen molar-refractivity contribution in [2.24, 2.45) is 5.41 Å². The fourth-order valence-corrected chi connectivity index (χ4v) is 6.41. The summed E-state index contributed by atoms with van der Waals surface area (Å²) in [5, 5.41) is 18.2. The Morgan fingerprint density at radius 1 is 1.16 bits per heavy atom. The summed E-state index contributed by atoms with van der Waals surface area (Å²) < 4.78 is 48.7. The molecule has 2 N–H and O–H groups in total. The van der Waals surface area contributed by atoms with E-state index in [9.17, 15) is 23.5 Å². The predicted octanol–water partition coefficient (Wildman–Crippen LogP) is 5.00. The lowest BCUT2D eigenvalue weighted by Gasteiger charge is -2.50. The van der Waals surface area contributed by atoms with Crippen LogP contribution in [0.5, 0.6) is 0 Å². The number of carbonyl (C=O) groups excluding carboxylic acids is 2. The highest BCUT2D eigenvalue weighted by Crippen LogP contribution is 2.48. The number of nitrogens with zero attached hydrogens (tertiary/aromatic N) is 4. The average Bonchev–Trinajstić information content (AvgIpc) is 3.50. The zero-order valence-corrected chi connectivity index (χ0v) is 23.6. The summed E-state index contributed by atoms with van der Waals surface area (Å²) in [7, 11) is 0. The van der Waals surface area contributed by atoms with Gasteiger partial charge in [-0.15, -0.1) is 0 Å². The summed E-state index contributed by atoms with van der Waals surface area (Å²) in [4.78, 5) is 34.3. The van der Waals surface area contributed by atoms with Crippen molar-refractivity contribution in [3.05, 3.63) is 77.1 Å². The Kier molecular flexibility index (Phi) is 7.29. The van der Waals surface area contributed by atoms with E-state index in [1.54, 1.807) is 30.3 Å². The lowest BCUT2D eigenvalue weighted by molar-refractivity contribution is -0.134. The number of aliphatic hydroxyl groups is 1. The Morgan fingerprint density at radius 3 is 2.67 bits per heavy atom. The van der Waals surface area contributed by atoms with Gasteiger partial charge in [0.25, 0.3) is 6.43 Å². The number of halogens is 3. The van der Waals surface area contributed by atoms with Gasteiger partial charge in [-0.3, -0.25) is 24.8 Å². The van der Waals surface area contributed by atoms with E-state index in [-0.39, 0.29) is 46.6 Å². The van der Waals surface area contributed by atoms with Crippen LogP contribution >= 0.6 is 0 Å². The van der Waals surface area contributed by atoms with Crippen molar-refractivity contribution < 1.29 is 32.4 Å². The van der Waals surface area contributed by atoms with E-state index < -0.39 is 35.1 Å². The van der Waals surface area contributed by atoms with Gasteiger partial charge in [0.2, 0.25) is 24.0 Å². The Hall–Kier alpha value is -4.16. The smallest absolute Gasteiger partial charge is 0.264 e. The van der Waals surface area contributed by atoms with Crippen LogP contribution in [0, 0.1) is 11.2 Å². The molecule has 2 amide bonds. The van der Waals surface area contributed by atoms with E-state index in [1.807, 2.05) is 13.8 Å². The van der Waals surface area contributed by atoms with Gasteiger partial charge in [-0.1, -0.05) is 37.2 Å². The zero-order chi connectivity index (χ0) is 30.5. The molecule has 2 saturated heterocycles. The highest BCUT2D eigenvalue weighted by Gasteiger charge is 2.50. The third-order valence-electron chi connectivity index (χ3n) is 8.80. The first-order valence-electron chi connectivity index (χ1n) is 14.0. The van der Waals surface area contributed by atoms with Crippen LogP contribution in [0.4, 0.5) is 13.2 Å². The molecule has 2 aliphatic heterocycles. The summed E-state index contributed by atoms with van der Waals surface area (Å²) >= 11 is 0. The van der Waals surface area contributed by atoms with Crippen LogP contribution in [-0.2, 0) is 21.7 Å². The second kappa shape index (κ2) is 10.8. The number of aromatic nitrogens is 3. The third kappa shape index (κ3) is 5.18. The van der Waals surface area contributed by atoms with Crippen LogP contribution in [-0.4, -0.2) is 50.0 Å². The molecule has 224 valence electrons. The van der Waals surface area contributed by atoms with E-state index in [2.05, 4.69) is 25.3 Å². The van der Waals surface area contributed by atoms with Crippen molar-refractivity contribution in [2.75, 3.05) is 13.1 Å². The minimum Gasteiger partial charge on any atom is -0.384 e. The molecule has 2 atom stereocenters. The highest BCUT2D eigenvalue weighted by atomic mass is 19.3. The molecule has 2 aromatic carbocycles. The molecule has 0 bridgehead atoms. The third-order valence-corrected chi connectivity index (χ3v) is 8.80. The molecule has 0 spiro atoms. The van der Waals surface area contributed by atoms with Gasteiger partial charge in [0.05, 0.1) is 17.0 Å². The fraction of sp³-hybridized carbons (Fsp3) is 0.387. The molecule has 6 rings (SSSR count). The highest BCUT2D eigenvalue weighted by molar-refractivity contribution is 6.01. The van der Waals surface area contributed by atoms with Crippen molar-refractivity contribution in [3.8, 4) is 11.4 Å². The van der Waals surface area contributed by atoms with E-state index in [0.29, 0.717) is 42.7 Å². The quantitative estimate of drug-likeness (QED) is 0.300. The normalized spacial score (nSPS) is 22.7. The number of hydrogen-bond acceptors (Lipinski definition) is 8. The molecule has 2 aromatic heterocycles. The number of alkyl halides is 2. The topological polar surface area (TPSA) is 121 Å². The number of hydrogen-bond donors (Lipinski definition) is 2. The predicted molar refractivity (Wildman–Crippen MR) is 149 cm³/mol. The maximum absolute atomic E-state index is 16.2. The van der Waals surface area contributed by atoms with Gasteiger partial charge in [0.1, 0.15) is 5.82 Å². The van der Waals surface area contributed by atoms with E-state index in [0.717, 1.165) is 6.39 Å². The van der Waals surface area contributed by atoms with Crippen molar-refractivity contribution >= 4 is 22.7 Å². The minimum absolute atomic E-state index is 0.0860. The van der Waals surface area contributed by atoms with Gasteiger partial charge < -0.3 is 9.63 Å². The number of fused-ring (bicyclic) bond motifs is 1. The number of pyridine rings is 1. The first-order valence-corrected chi connectivity index (χ1v) is 14.0. The minimum atomic E-state index is -2.74. The lowest BCUT2D eigenvalue weighted by atomic mass is 9.66. The molecule has 9 nitrogen and oxygen atoms in total. The van der Waals surface area contributed by atoms with Crippen LogP contribution < -0.4 is 5.32 Å². The standard InChI is InChI=1S/C31H30F3N5O4/c1-30(2)15-39(14-17-3-4-20(21(11-17)27(33)34)28-36-16-43-38-28)10-9-31(30,42)23-6-7-24-22(26(23)32)12-18(13-35-24)19-5-8-25(40)37-29(19)41/h3-4,6-7,11-13,16,19,27,42H,5,8-10,14-15H2,1-2H3,(H,37,40,41)/t19?,31-/m0/s1. The number of carbonyl (C=O) groups is 2. The van der Waals surface area contributed by atoms with Crippen LogP contribution in [0.2, 0.25) is 0 Å². The largest absolute Gasteiger partial charge is 0.384 e. The molecule has 12 heteroatoms. The van der Waals surface area contributed by atoms with Crippen molar-refractivity contribution in [2.45, 2.75) is 57.6 Å². The van der Waals surface area contributed by atoms with Crippen LogP contribution in [0.3, 0.4) is 0 Å². The number of amides is 2. The molecule has 0 radical (unpaired) electrons. The van der Waals surface area contributed by atoms with Gasteiger partial charge in [-0.2, -0.15) is 4.98 Å². The molecule has 0 aliphatic carbocycles. The Bertz CT molecular complexity index is 1710. The monoisotopic (exact) mass is 593 g/mol. The number of imide groups is 1. The molecule has 0 saturated carbocycles. The van der Waals surface area contributed by atoms with Crippen molar-refractivity contribution in [1.82, 2.24) is 25.3 Å². The maximum atomic E-state index is 16.2. The summed E-state index contributed by atoms with van der Waals surface area (Å²) in [5.41, 5.74) is -0.686.